The van der Waals surface area contributed by atoms with Crippen LogP contribution in [0.15, 0.2) is 0 Å². The van der Waals surface area contributed by atoms with Crippen LogP contribution in [0.4, 0.5) is 4.79 Å². The van der Waals surface area contributed by atoms with Crippen molar-refractivity contribution in [3.63, 3.8) is 0 Å². The molecule has 0 saturated carbocycles. The highest BCUT2D eigenvalue weighted by Gasteiger charge is 2.50. The van der Waals surface area contributed by atoms with Crippen LogP contribution in [-0.4, -0.2) is 53.6 Å². The summed E-state index contributed by atoms with van der Waals surface area (Å²) >= 11 is 0. The SMILES string of the molecule is CC1CCN2C(=O)N(C3CCOC3)C(=O)C2C1. The Morgan fingerprint density at radius 1 is 1.29 bits per heavy atom. The molecular formula is C12H18N2O3. The number of fused-ring (bicyclic) bond motifs is 1. The van der Waals surface area contributed by atoms with Crippen LogP contribution in [0.5, 0.6) is 0 Å². The van der Waals surface area contributed by atoms with Crippen molar-refractivity contribution in [2.75, 3.05) is 19.8 Å². The lowest BCUT2D eigenvalue weighted by Crippen LogP contribution is -2.42. The Labute approximate surface area is 101 Å². The molecule has 3 rings (SSSR count). The molecule has 0 aromatic rings. The first-order valence-electron chi connectivity index (χ1n) is 6.40. The molecule has 3 unspecified atom stereocenters. The van der Waals surface area contributed by atoms with Gasteiger partial charge in [-0.3, -0.25) is 9.69 Å². The molecule has 0 spiro atoms. The summed E-state index contributed by atoms with van der Waals surface area (Å²) in [5.41, 5.74) is 0. The van der Waals surface area contributed by atoms with E-state index in [2.05, 4.69) is 6.92 Å². The topological polar surface area (TPSA) is 49.9 Å². The van der Waals surface area contributed by atoms with Crippen LogP contribution in [0.2, 0.25) is 0 Å². The predicted octanol–water partition coefficient (Wildman–Crippen LogP) is 0.838. The van der Waals surface area contributed by atoms with E-state index in [1.54, 1.807) is 4.90 Å². The van der Waals surface area contributed by atoms with Crippen molar-refractivity contribution in [1.82, 2.24) is 9.80 Å². The second kappa shape index (κ2) is 3.98. The molecular weight excluding hydrogens is 220 g/mol. The minimum absolute atomic E-state index is 0.00273. The molecule has 3 amide bonds. The van der Waals surface area contributed by atoms with Gasteiger partial charge in [0.25, 0.3) is 5.91 Å². The summed E-state index contributed by atoms with van der Waals surface area (Å²) in [7, 11) is 0. The number of carbonyl (C=O) groups is 2. The fourth-order valence-electron chi connectivity index (χ4n) is 3.06. The van der Waals surface area contributed by atoms with Crippen LogP contribution in [-0.2, 0) is 9.53 Å². The van der Waals surface area contributed by atoms with E-state index < -0.39 is 0 Å². The molecule has 3 saturated heterocycles. The Morgan fingerprint density at radius 2 is 2.12 bits per heavy atom. The van der Waals surface area contributed by atoms with Gasteiger partial charge in [0.05, 0.1) is 12.6 Å². The van der Waals surface area contributed by atoms with Gasteiger partial charge >= 0.3 is 6.03 Å². The van der Waals surface area contributed by atoms with Gasteiger partial charge in [0.1, 0.15) is 6.04 Å². The summed E-state index contributed by atoms with van der Waals surface area (Å²) in [5.74, 6) is 0.532. The van der Waals surface area contributed by atoms with E-state index in [1.807, 2.05) is 0 Å². The fourth-order valence-corrected chi connectivity index (χ4v) is 3.06. The lowest BCUT2D eigenvalue weighted by atomic mass is 9.93. The zero-order valence-electron chi connectivity index (χ0n) is 10.1. The zero-order valence-corrected chi connectivity index (χ0v) is 10.1. The predicted molar refractivity (Wildman–Crippen MR) is 60.4 cm³/mol. The highest BCUT2D eigenvalue weighted by atomic mass is 16.5. The Morgan fingerprint density at radius 3 is 2.82 bits per heavy atom. The van der Waals surface area contributed by atoms with Gasteiger partial charge in [-0.05, 0) is 25.2 Å². The molecule has 3 fully saturated rings. The number of urea groups is 1. The highest BCUT2D eigenvalue weighted by molar-refractivity contribution is 6.04. The molecule has 0 aliphatic carbocycles. The fraction of sp³-hybridized carbons (Fsp3) is 0.833. The van der Waals surface area contributed by atoms with E-state index in [1.165, 1.54) is 4.90 Å². The van der Waals surface area contributed by atoms with Crippen LogP contribution in [0.25, 0.3) is 0 Å². The molecule has 0 N–H and O–H groups in total. The molecule has 5 nitrogen and oxygen atoms in total. The second-order valence-corrected chi connectivity index (χ2v) is 5.35. The van der Waals surface area contributed by atoms with Crippen LogP contribution in [0.1, 0.15) is 26.2 Å². The summed E-state index contributed by atoms with van der Waals surface area (Å²) in [4.78, 5) is 27.7. The lowest BCUT2D eigenvalue weighted by molar-refractivity contribution is -0.130. The Hall–Kier alpha value is -1.10. The van der Waals surface area contributed by atoms with Crippen molar-refractivity contribution in [3.05, 3.63) is 0 Å². The monoisotopic (exact) mass is 238 g/mol. The standard InChI is InChI=1S/C12H18N2O3/c1-8-2-4-13-10(6-8)11(15)14(12(13)16)9-3-5-17-7-9/h8-10H,2-7H2,1H3. The van der Waals surface area contributed by atoms with Gasteiger partial charge in [-0.15, -0.1) is 0 Å². The van der Waals surface area contributed by atoms with E-state index in [4.69, 9.17) is 4.74 Å². The summed E-state index contributed by atoms with van der Waals surface area (Å²) in [6.45, 7) is 4.04. The lowest BCUT2D eigenvalue weighted by Gasteiger charge is -2.30. The third kappa shape index (κ3) is 1.64. The molecule has 0 aromatic heterocycles. The van der Waals surface area contributed by atoms with Crippen molar-refractivity contribution in [2.24, 2.45) is 5.92 Å². The summed E-state index contributed by atoms with van der Waals surface area (Å²) < 4.78 is 5.28. The van der Waals surface area contributed by atoms with Gasteiger partial charge < -0.3 is 9.64 Å². The minimum atomic E-state index is -0.202. The van der Waals surface area contributed by atoms with Crippen molar-refractivity contribution < 1.29 is 14.3 Å². The maximum Gasteiger partial charge on any atom is 0.327 e. The first kappa shape index (κ1) is 11.0. The summed E-state index contributed by atoms with van der Waals surface area (Å²) in [6.07, 6.45) is 2.60. The number of hydrogen-bond donors (Lipinski definition) is 0. The summed E-state index contributed by atoms with van der Waals surface area (Å²) in [6, 6.07) is -0.329. The maximum absolute atomic E-state index is 12.3. The smallest absolute Gasteiger partial charge is 0.327 e. The third-order valence-corrected chi connectivity index (χ3v) is 4.11. The van der Waals surface area contributed by atoms with E-state index in [0.717, 1.165) is 25.8 Å². The molecule has 3 aliphatic heterocycles. The van der Waals surface area contributed by atoms with Crippen molar-refractivity contribution in [3.8, 4) is 0 Å². The number of hydrogen-bond acceptors (Lipinski definition) is 3. The second-order valence-electron chi connectivity index (χ2n) is 5.35. The Bertz CT molecular complexity index is 352. The number of rotatable bonds is 1. The average Bonchev–Trinajstić information content (AvgIpc) is 2.88. The van der Waals surface area contributed by atoms with Crippen molar-refractivity contribution in [1.29, 1.82) is 0 Å². The number of amides is 3. The summed E-state index contributed by atoms with van der Waals surface area (Å²) in [5, 5.41) is 0. The molecule has 0 aromatic carbocycles. The van der Waals surface area contributed by atoms with Gasteiger partial charge in [0.15, 0.2) is 0 Å². The Balaban J connectivity index is 1.82. The molecule has 0 bridgehead atoms. The number of carbonyl (C=O) groups excluding carboxylic acids is 2. The van der Waals surface area contributed by atoms with Gasteiger partial charge in [0, 0.05) is 13.2 Å². The number of imide groups is 1. The van der Waals surface area contributed by atoms with Crippen LogP contribution in [0, 0.1) is 5.92 Å². The Kier molecular flexibility index (Phi) is 2.58. The van der Waals surface area contributed by atoms with Crippen molar-refractivity contribution in [2.45, 2.75) is 38.3 Å². The molecule has 0 radical (unpaired) electrons. The first-order chi connectivity index (χ1) is 8.18. The van der Waals surface area contributed by atoms with Crippen LogP contribution >= 0.6 is 0 Å². The molecule has 94 valence electrons. The highest BCUT2D eigenvalue weighted by Crippen LogP contribution is 2.32. The van der Waals surface area contributed by atoms with Gasteiger partial charge in [-0.1, -0.05) is 6.92 Å². The maximum atomic E-state index is 12.3. The van der Waals surface area contributed by atoms with Gasteiger partial charge in [-0.2, -0.15) is 0 Å². The average molecular weight is 238 g/mol. The van der Waals surface area contributed by atoms with Crippen molar-refractivity contribution >= 4 is 11.9 Å². The quantitative estimate of drug-likeness (QED) is 0.636. The van der Waals surface area contributed by atoms with Crippen LogP contribution < -0.4 is 0 Å². The molecule has 3 aliphatic rings. The minimum Gasteiger partial charge on any atom is -0.379 e. The molecule has 3 atom stereocenters. The zero-order chi connectivity index (χ0) is 12.0. The molecule has 5 heteroatoms. The van der Waals surface area contributed by atoms with Gasteiger partial charge in [-0.25, -0.2) is 4.79 Å². The van der Waals surface area contributed by atoms with E-state index in [-0.39, 0.29) is 24.0 Å². The van der Waals surface area contributed by atoms with Gasteiger partial charge in [0.2, 0.25) is 0 Å². The number of piperidine rings is 1. The van der Waals surface area contributed by atoms with Crippen LogP contribution in [0.3, 0.4) is 0 Å². The van der Waals surface area contributed by atoms with E-state index in [0.29, 0.717) is 19.1 Å². The van der Waals surface area contributed by atoms with E-state index in [9.17, 15) is 9.59 Å². The first-order valence-corrected chi connectivity index (χ1v) is 6.40. The van der Waals surface area contributed by atoms with E-state index >= 15 is 0 Å². The third-order valence-electron chi connectivity index (χ3n) is 4.11. The molecule has 3 heterocycles. The molecule has 17 heavy (non-hydrogen) atoms. The number of ether oxygens (including phenoxy) is 1. The normalized spacial score (nSPS) is 37.8. The number of nitrogens with zero attached hydrogens (tertiary/aromatic N) is 2. The largest absolute Gasteiger partial charge is 0.379 e.